The molecule has 0 bridgehead atoms. The highest BCUT2D eigenvalue weighted by Crippen LogP contribution is 2.45. The summed E-state index contributed by atoms with van der Waals surface area (Å²) in [7, 11) is 0. The predicted octanol–water partition coefficient (Wildman–Crippen LogP) is 15.1. The molecule has 0 spiro atoms. The van der Waals surface area contributed by atoms with Gasteiger partial charge in [0.15, 0.2) is 0 Å². The van der Waals surface area contributed by atoms with Gasteiger partial charge in [0.05, 0.1) is 5.69 Å². The molecule has 11 aromatic rings. The average Bonchev–Trinajstić information content (AvgIpc) is 3.82. The fraction of sp³-hybridized carbons (Fsp3) is 0. The molecule has 0 saturated heterocycles. The summed E-state index contributed by atoms with van der Waals surface area (Å²) in [6, 6.07) is 71.0. The Morgan fingerprint density at radius 2 is 0.891 bits per heavy atom. The molecule has 0 atom stereocenters. The van der Waals surface area contributed by atoms with E-state index in [0.717, 1.165) is 77.6 Å². The molecule has 2 heterocycles. The van der Waals surface area contributed by atoms with Crippen molar-refractivity contribution < 1.29 is 8.83 Å². The largest absolute Gasteiger partial charge is 0.456 e. The second-order valence-electron chi connectivity index (χ2n) is 14.1. The van der Waals surface area contributed by atoms with Gasteiger partial charge in [0.1, 0.15) is 22.3 Å². The van der Waals surface area contributed by atoms with E-state index in [1.54, 1.807) is 0 Å². The number of rotatable bonds is 6. The first-order valence-electron chi connectivity index (χ1n) is 18.7. The highest BCUT2D eigenvalue weighted by molar-refractivity contribution is 6.11. The van der Waals surface area contributed by atoms with Crippen molar-refractivity contribution in [2.45, 2.75) is 0 Å². The van der Waals surface area contributed by atoms with Gasteiger partial charge in [0.25, 0.3) is 0 Å². The molecule has 258 valence electrons. The zero-order valence-corrected chi connectivity index (χ0v) is 29.8. The highest BCUT2D eigenvalue weighted by Gasteiger charge is 2.21. The first-order chi connectivity index (χ1) is 27.2. The molecule has 3 heteroatoms. The molecule has 0 unspecified atom stereocenters. The lowest BCUT2D eigenvalue weighted by atomic mass is 9.97. The molecule has 0 aliphatic heterocycles. The van der Waals surface area contributed by atoms with Gasteiger partial charge in [-0.1, -0.05) is 140 Å². The Morgan fingerprint density at radius 3 is 1.75 bits per heavy atom. The van der Waals surface area contributed by atoms with Crippen LogP contribution in [-0.4, -0.2) is 0 Å². The summed E-state index contributed by atoms with van der Waals surface area (Å²) in [5, 5.41) is 6.92. The molecule has 0 fully saturated rings. The van der Waals surface area contributed by atoms with Crippen LogP contribution in [0.4, 0.5) is 17.1 Å². The van der Waals surface area contributed by atoms with E-state index in [-0.39, 0.29) is 0 Å². The number of fused-ring (bicyclic) bond motifs is 7. The second-order valence-corrected chi connectivity index (χ2v) is 14.1. The number of furan rings is 2. The van der Waals surface area contributed by atoms with Crippen LogP contribution in [0.15, 0.2) is 209 Å². The molecule has 55 heavy (non-hydrogen) atoms. The molecular weight excluding hydrogens is 671 g/mol. The summed E-state index contributed by atoms with van der Waals surface area (Å²) < 4.78 is 13.0. The van der Waals surface area contributed by atoms with Crippen LogP contribution in [0.3, 0.4) is 0 Å². The maximum absolute atomic E-state index is 6.57. The molecular formula is C52H33NO2. The zero-order chi connectivity index (χ0) is 36.3. The Hall–Kier alpha value is -7.36. The molecule has 0 radical (unpaired) electrons. The molecule has 0 amide bonds. The third kappa shape index (κ3) is 5.28. The van der Waals surface area contributed by atoms with E-state index < -0.39 is 0 Å². The molecule has 0 saturated carbocycles. The van der Waals surface area contributed by atoms with Crippen molar-refractivity contribution in [1.82, 2.24) is 0 Å². The minimum absolute atomic E-state index is 0.850. The van der Waals surface area contributed by atoms with E-state index in [2.05, 4.69) is 181 Å². The summed E-state index contributed by atoms with van der Waals surface area (Å²) in [6.07, 6.45) is 0. The van der Waals surface area contributed by atoms with Crippen LogP contribution in [-0.2, 0) is 0 Å². The van der Waals surface area contributed by atoms with Crippen LogP contribution >= 0.6 is 0 Å². The maximum atomic E-state index is 6.57. The van der Waals surface area contributed by atoms with Crippen molar-refractivity contribution in [3.63, 3.8) is 0 Å². The minimum atomic E-state index is 0.850. The predicted molar refractivity (Wildman–Crippen MR) is 229 cm³/mol. The van der Waals surface area contributed by atoms with E-state index in [1.807, 2.05) is 24.3 Å². The smallest absolute Gasteiger partial charge is 0.143 e. The minimum Gasteiger partial charge on any atom is -0.456 e. The topological polar surface area (TPSA) is 29.5 Å². The molecule has 2 aromatic heterocycles. The molecule has 0 N–H and O–H groups in total. The summed E-state index contributed by atoms with van der Waals surface area (Å²) in [4.78, 5) is 2.33. The van der Waals surface area contributed by atoms with Crippen molar-refractivity contribution in [2.24, 2.45) is 0 Å². The van der Waals surface area contributed by atoms with Crippen LogP contribution in [0.5, 0.6) is 0 Å². The molecule has 0 aliphatic carbocycles. The quantitative estimate of drug-likeness (QED) is 0.173. The van der Waals surface area contributed by atoms with Crippen LogP contribution in [0, 0.1) is 0 Å². The van der Waals surface area contributed by atoms with Gasteiger partial charge in [-0.2, -0.15) is 0 Å². The second kappa shape index (κ2) is 12.6. The Labute approximate surface area is 317 Å². The van der Waals surface area contributed by atoms with Gasteiger partial charge >= 0.3 is 0 Å². The fourth-order valence-electron chi connectivity index (χ4n) is 8.19. The SMILES string of the molecule is c1cc(-c2ccc(N(c3ccc4c(c3)oc3ccccc34)c3ccccc3-c3cccc4c3oc3ccccc34)cc2)cc(-c2ccc3ccccc3c2)c1. The summed E-state index contributed by atoms with van der Waals surface area (Å²) in [6.45, 7) is 0. The van der Waals surface area contributed by atoms with E-state index in [1.165, 1.54) is 27.5 Å². The lowest BCUT2D eigenvalue weighted by Gasteiger charge is -2.28. The van der Waals surface area contributed by atoms with Crippen LogP contribution in [0.25, 0.3) is 88.0 Å². The number of hydrogen-bond acceptors (Lipinski definition) is 3. The first kappa shape index (κ1) is 31.2. The number of benzene rings is 9. The Kier molecular flexibility index (Phi) is 7.17. The van der Waals surface area contributed by atoms with E-state index in [4.69, 9.17) is 8.83 Å². The fourth-order valence-corrected chi connectivity index (χ4v) is 8.19. The van der Waals surface area contributed by atoms with Crippen LogP contribution in [0.1, 0.15) is 0 Å². The van der Waals surface area contributed by atoms with Gasteiger partial charge < -0.3 is 13.7 Å². The number of para-hydroxylation sites is 4. The van der Waals surface area contributed by atoms with E-state index in [0.29, 0.717) is 0 Å². The lowest BCUT2D eigenvalue weighted by molar-refractivity contribution is 0.669. The van der Waals surface area contributed by atoms with Gasteiger partial charge in [0, 0.05) is 50.1 Å². The molecule has 11 rings (SSSR count). The standard InChI is InChI=1S/C52H33NO2/c1-2-12-36-32-39(24-23-34(36)11-1)38-14-9-13-37(31-38)35-25-27-40(28-26-35)53(41-29-30-45-43-16-4-7-21-49(43)54-51(45)33-41)48-20-6-3-15-42(48)46-18-10-19-47-44-17-5-8-22-50(44)55-52(46)47/h1-33H. The summed E-state index contributed by atoms with van der Waals surface area (Å²) >= 11 is 0. The van der Waals surface area contributed by atoms with Crippen molar-refractivity contribution in [3.8, 4) is 33.4 Å². The number of anilines is 3. The lowest BCUT2D eigenvalue weighted by Crippen LogP contribution is -2.11. The molecule has 3 nitrogen and oxygen atoms in total. The van der Waals surface area contributed by atoms with Crippen molar-refractivity contribution in [2.75, 3.05) is 4.90 Å². The van der Waals surface area contributed by atoms with Crippen molar-refractivity contribution in [1.29, 1.82) is 0 Å². The van der Waals surface area contributed by atoms with Crippen LogP contribution in [0.2, 0.25) is 0 Å². The normalized spacial score (nSPS) is 11.6. The molecule has 0 aliphatic rings. The Bertz CT molecular complexity index is 3220. The third-order valence-corrected chi connectivity index (χ3v) is 10.9. The van der Waals surface area contributed by atoms with Gasteiger partial charge in [-0.05, 0) is 87.6 Å². The molecule has 9 aromatic carbocycles. The van der Waals surface area contributed by atoms with Crippen molar-refractivity contribution in [3.05, 3.63) is 200 Å². The maximum Gasteiger partial charge on any atom is 0.143 e. The third-order valence-electron chi connectivity index (χ3n) is 10.9. The summed E-state index contributed by atoms with van der Waals surface area (Å²) in [5.74, 6) is 0. The Morgan fingerprint density at radius 1 is 0.309 bits per heavy atom. The van der Waals surface area contributed by atoms with Crippen LogP contribution < -0.4 is 4.90 Å². The van der Waals surface area contributed by atoms with E-state index in [9.17, 15) is 0 Å². The van der Waals surface area contributed by atoms with E-state index >= 15 is 0 Å². The van der Waals surface area contributed by atoms with Gasteiger partial charge in [-0.3, -0.25) is 0 Å². The monoisotopic (exact) mass is 703 g/mol. The van der Waals surface area contributed by atoms with Crippen molar-refractivity contribution >= 4 is 71.7 Å². The first-order valence-corrected chi connectivity index (χ1v) is 18.7. The number of hydrogen-bond donors (Lipinski definition) is 0. The number of nitrogens with zero attached hydrogens (tertiary/aromatic N) is 1. The van der Waals surface area contributed by atoms with Gasteiger partial charge in [-0.25, -0.2) is 0 Å². The zero-order valence-electron chi connectivity index (χ0n) is 29.8. The van der Waals surface area contributed by atoms with Gasteiger partial charge in [0.2, 0.25) is 0 Å². The average molecular weight is 704 g/mol. The van der Waals surface area contributed by atoms with Gasteiger partial charge in [-0.15, -0.1) is 0 Å². The Balaban J connectivity index is 1.05. The summed E-state index contributed by atoms with van der Waals surface area (Å²) in [5.41, 5.74) is 13.4. The highest BCUT2D eigenvalue weighted by atomic mass is 16.3.